The van der Waals surface area contributed by atoms with Crippen LogP contribution in [0, 0.1) is 66.8 Å². The van der Waals surface area contributed by atoms with Gasteiger partial charge in [0.15, 0.2) is 51.5 Å². The van der Waals surface area contributed by atoms with Gasteiger partial charge in [-0.3, -0.25) is 41.7 Å². The number of aromatic amines is 3. The van der Waals surface area contributed by atoms with Gasteiger partial charge in [0.2, 0.25) is 0 Å². The fourth-order valence-electron chi connectivity index (χ4n) is 10.6. The fourth-order valence-corrected chi connectivity index (χ4v) is 17.7. The number of aliphatic hydroxyl groups is 3. The topological polar surface area (TPSA) is 336 Å². The average molecular weight is 1680 g/mol. The number of benzene rings is 3. The Morgan fingerprint density at radius 1 is 0.426 bits per heavy atom. The lowest BCUT2D eigenvalue weighted by atomic mass is 10.1. The molecule has 39 heteroatoms. The Morgan fingerprint density at radius 2 is 0.648 bits per heavy atom. The largest absolute Gasteiger partial charge is 0.463 e. The zero-order valence-corrected chi connectivity index (χ0v) is 68.6. The molecule has 594 valence electrons. The Labute approximate surface area is 653 Å². The molecule has 18 atom stereocenters. The van der Waals surface area contributed by atoms with Gasteiger partial charge in [0.05, 0.1) is 74.4 Å². The van der Waals surface area contributed by atoms with Crippen molar-refractivity contribution in [1.29, 1.82) is 0 Å². The summed E-state index contributed by atoms with van der Waals surface area (Å²) in [5.74, 6) is -3.32. The van der Waals surface area contributed by atoms with Crippen molar-refractivity contribution in [3.63, 3.8) is 0 Å². The molecule has 4 unspecified atom stereocenters. The highest BCUT2D eigenvalue weighted by molar-refractivity contribution is 7.72. The second kappa shape index (κ2) is 40.1. The number of rotatable bonds is 30. The average Bonchev–Trinajstić information content (AvgIpc) is 1.65. The van der Waals surface area contributed by atoms with Gasteiger partial charge in [-0.1, -0.05) is 112 Å². The number of halogens is 3. The number of H-pyrrole nitrogens is 3. The minimum atomic E-state index is -3.97. The summed E-state index contributed by atoms with van der Waals surface area (Å²) in [4.78, 5) is 45.4. The van der Waals surface area contributed by atoms with Crippen LogP contribution in [0.3, 0.4) is 0 Å². The van der Waals surface area contributed by atoms with E-state index >= 15 is 13.2 Å². The highest BCUT2D eigenvalue weighted by Gasteiger charge is 2.50. The lowest BCUT2D eigenvalue weighted by molar-refractivity contribution is -0.152. The van der Waals surface area contributed by atoms with E-state index in [1.165, 1.54) is 13.7 Å². The van der Waals surface area contributed by atoms with Gasteiger partial charge in [-0.2, -0.15) is 0 Å². The molecule has 3 aromatic carbocycles. The Hall–Kier alpha value is -5.85. The van der Waals surface area contributed by atoms with Crippen LogP contribution in [0.1, 0.15) is 97.7 Å². The molecule has 6 N–H and O–H groups in total. The van der Waals surface area contributed by atoms with E-state index in [-0.39, 0.29) is 68.4 Å². The molecule has 0 radical (unpaired) electrons. The number of ether oxygens (including phenoxy) is 6. The van der Waals surface area contributed by atoms with Gasteiger partial charge in [0.1, 0.15) is 67.8 Å². The standard InChI is InChI=1S/3C23H30FN2O7PS2/c3*1-13(2)31-22(28)15(4)12-34(29,33-16-8-6-5-7-9-16)30-11-17-19(27)18(24)21(32-17)26-10-14(3)20(35)25-23(26)36/h3*5-10,13,15,17-19,21,27H,11-12H2,1-4H3,(H,25,35,36)/t15-,17+,18-,19?,21+,34?;15-,17+,18-,19?,21+,34+;15-,17+,18-,19?,21+,34-/m111/s1. The number of carbonyl (C=O) groups excluding carboxylic acids is 3. The third kappa shape index (κ3) is 25.1. The SMILES string of the molecule is Cc1cn([C@H]2O[C@@H](COP(=O)(C[C@@H](C)C(=O)OC(C)C)Oc3ccccc3)C(O)[C@H]2F)c(=S)[nH]c1=S.Cc1cn([C@H]2O[C@@H](CO[P@@](=O)(C[C@@H](C)C(=O)OC(C)C)Oc3ccccc3)C(O)[C@H]2F)c(=S)[nH]c1=S.Cc1cn([C@H]2O[C@@H](CO[P@](=O)(C[C@@H](C)C(=O)OC(C)C)Oc3ccccc3)C(O)[C@H]2F)c(=S)[nH]c1=S. The molecule has 3 aliphatic rings. The van der Waals surface area contributed by atoms with Crippen LogP contribution in [0.2, 0.25) is 0 Å². The monoisotopic (exact) mass is 1680 g/mol. The van der Waals surface area contributed by atoms with Crippen molar-refractivity contribution >= 4 is 114 Å². The molecular formula is C69H90F3N6O21P3S6. The van der Waals surface area contributed by atoms with Gasteiger partial charge in [0, 0.05) is 35.3 Å². The third-order valence-corrected chi connectivity index (χ3v) is 24.5. The van der Waals surface area contributed by atoms with Gasteiger partial charge in [-0.05, 0) is 135 Å². The number of aromatic nitrogens is 6. The Balaban J connectivity index is 0.000000226. The molecule has 0 spiro atoms. The van der Waals surface area contributed by atoms with E-state index in [4.69, 9.17) is 129 Å². The summed E-state index contributed by atoms with van der Waals surface area (Å²) in [5, 5.41) is 31.5. The van der Waals surface area contributed by atoms with Crippen LogP contribution in [0.5, 0.6) is 17.2 Å². The zero-order chi connectivity index (χ0) is 79.9. The summed E-state index contributed by atoms with van der Waals surface area (Å²) < 4.78 is 158. The summed E-state index contributed by atoms with van der Waals surface area (Å²) in [6.07, 6.45) is -14.9. The second-order valence-electron chi connectivity index (χ2n) is 26.6. The van der Waals surface area contributed by atoms with E-state index in [1.807, 2.05) is 0 Å². The summed E-state index contributed by atoms with van der Waals surface area (Å²) >= 11 is 31.1. The molecular weight excluding hydrogens is 1590 g/mol. The number of carbonyl (C=O) groups is 3. The zero-order valence-electron chi connectivity index (χ0n) is 61.0. The maximum atomic E-state index is 15.0. The number of hydrogen-bond acceptors (Lipinski definition) is 27. The molecule has 0 amide bonds. The highest BCUT2D eigenvalue weighted by Crippen LogP contribution is 2.54. The van der Waals surface area contributed by atoms with Crippen LogP contribution in [0.15, 0.2) is 110 Å². The lowest BCUT2D eigenvalue weighted by Gasteiger charge is -2.24. The van der Waals surface area contributed by atoms with Crippen LogP contribution < -0.4 is 13.6 Å². The number of aryl methyl sites for hydroxylation is 3. The molecule has 6 heterocycles. The van der Waals surface area contributed by atoms with Gasteiger partial charge in [-0.15, -0.1) is 0 Å². The molecule has 27 nitrogen and oxygen atoms in total. The maximum Gasteiger partial charge on any atom is 0.380 e. The molecule has 0 saturated carbocycles. The van der Waals surface area contributed by atoms with Crippen LogP contribution in [-0.4, -0.2) is 174 Å². The van der Waals surface area contributed by atoms with Crippen LogP contribution in [-0.2, 0) is 70.1 Å². The van der Waals surface area contributed by atoms with Gasteiger partial charge >= 0.3 is 40.7 Å². The van der Waals surface area contributed by atoms with E-state index in [0.717, 1.165) is 0 Å². The van der Waals surface area contributed by atoms with Crippen molar-refractivity contribution in [3.05, 3.63) is 155 Å². The molecule has 0 aliphatic carbocycles. The molecule has 6 aromatic rings. The molecule has 3 saturated heterocycles. The molecule has 3 aromatic heterocycles. The number of para-hydroxylation sites is 3. The molecule has 108 heavy (non-hydrogen) atoms. The number of nitrogens with one attached hydrogen (secondary N) is 3. The van der Waals surface area contributed by atoms with Crippen LogP contribution in [0.25, 0.3) is 0 Å². The van der Waals surface area contributed by atoms with E-state index in [0.29, 0.717) is 30.6 Å². The summed E-state index contributed by atoms with van der Waals surface area (Å²) in [5.41, 5.74) is 1.94. The van der Waals surface area contributed by atoms with Crippen molar-refractivity contribution < 1.29 is 112 Å². The quantitative estimate of drug-likeness (QED) is 0.0106. The first-order valence-corrected chi connectivity index (χ1v) is 41.8. The van der Waals surface area contributed by atoms with Crippen LogP contribution >= 0.6 is 96.1 Å². The van der Waals surface area contributed by atoms with Crippen LogP contribution in [0.4, 0.5) is 13.2 Å². The number of esters is 3. The third-order valence-electron chi connectivity index (χ3n) is 16.2. The normalized spacial score (nSPS) is 24.3. The maximum absolute atomic E-state index is 15.0. The minimum absolute atomic E-state index is 0.127. The Morgan fingerprint density at radius 3 is 0.861 bits per heavy atom. The van der Waals surface area contributed by atoms with E-state index in [9.17, 15) is 43.4 Å². The summed E-state index contributed by atoms with van der Waals surface area (Å²) in [6.45, 7) is 18.7. The Bertz CT molecular complexity index is 4120. The summed E-state index contributed by atoms with van der Waals surface area (Å²) in [6, 6.07) is 24.9. The van der Waals surface area contributed by atoms with E-state index in [1.54, 1.807) is 193 Å². The molecule has 3 fully saturated rings. The summed E-state index contributed by atoms with van der Waals surface area (Å²) in [7, 11) is -11.9. The van der Waals surface area contributed by atoms with Gasteiger partial charge < -0.3 is 72.3 Å². The van der Waals surface area contributed by atoms with E-state index < -0.39 is 152 Å². The number of hydrogen-bond donors (Lipinski definition) is 6. The predicted octanol–water partition coefficient (Wildman–Crippen LogP) is 15.2. The molecule has 3 aliphatic heterocycles. The first-order valence-electron chi connectivity index (χ1n) is 34.2. The van der Waals surface area contributed by atoms with Crippen molar-refractivity contribution in [2.24, 2.45) is 17.8 Å². The first-order chi connectivity index (χ1) is 50.7. The number of nitrogens with zero attached hydrogens (tertiary/aromatic N) is 3. The Kier molecular flexibility index (Phi) is 33.1. The van der Waals surface area contributed by atoms with Gasteiger partial charge in [0.25, 0.3) is 0 Å². The smallest absolute Gasteiger partial charge is 0.380 e. The van der Waals surface area contributed by atoms with E-state index in [2.05, 4.69) is 15.0 Å². The van der Waals surface area contributed by atoms with Crippen molar-refractivity contribution in [3.8, 4) is 17.2 Å². The minimum Gasteiger partial charge on any atom is -0.463 e. The van der Waals surface area contributed by atoms with Crippen molar-refractivity contribution in [2.75, 3.05) is 38.3 Å². The first kappa shape index (κ1) is 89.4. The lowest BCUT2D eigenvalue weighted by Crippen LogP contribution is -2.32. The highest BCUT2D eigenvalue weighted by atomic mass is 32.1. The van der Waals surface area contributed by atoms with Crippen molar-refractivity contribution in [1.82, 2.24) is 28.7 Å². The van der Waals surface area contributed by atoms with Crippen molar-refractivity contribution in [2.45, 2.75) is 175 Å². The van der Waals surface area contributed by atoms with Gasteiger partial charge in [-0.25, -0.2) is 26.9 Å². The second-order valence-corrected chi connectivity index (χ2v) is 35.0. The predicted molar refractivity (Wildman–Crippen MR) is 408 cm³/mol. The molecule has 0 bridgehead atoms. The number of aliphatic hydroxyl groups excluding tert-OH is 3. The molecule has 9 rings (SSSR count). The number of alkyl halides is 3. The fraction of sp³-hybridized carbons (Fsp3) is 0.522.